The summed E-state index contributed by atoms with van der Waals surface area (Å²) < 4.78 is 10.5. The fourth-order valence-electron chi connectivity index (χ4n) is 2.78. The standard InChI is InChI=1S/C18H32N2O6/c1-17(2,3)25-15(23)19-9-7-8-12-10-13(14(21)22)20(11-12)16(24)26-18(4,5)6/h12-13H,7-11H2,1-6H3,(H,19,23)(H,21,22)/t12?,13-/m0/s1. The molecule has 1 aliphatic rings. The van der Waals surface area contributed by atoms with Crippen molar-refractivity contribution in [3.05, 3.63) is 0 Å². The number of nitrogens with zero attached hydrogens (tertiary/aromatic N) is 1. The first-order chi connectivity index (χ1) is 11.8. The number of hydrogen-bond acceptors (Lipinski definition) is 5. The molecule has 150 valence electrons. The average Bonchev–Trinajstić information content (AvgIpc) is 2.84. The quantitative estimate of drug-likeness (QED) is 0.719. The van der Waals surface area contributed by atoms with Crippen LogP contribution >= 0.6 is 0 Å². The van der Waals surface area contributed by atoms with Crippen LogP contribution in [0.2, 0.25) is 0 Å². The molecule has 2 amide bonds. The number of carbonyl (C=O) groups excluding carboxylic acids is 2. The summed E-state index contributed by atoms with van der Waals surface area (Å²) in [5.74, 6) is -0.964. The second-order valence-corrected chi connectivity index (χ2v) is 8.66. The van der Waals surface area contributed by atoms with E-state index in [1.807, 2.05) is 0 Å². The number of nitrogens with one attached hydrogen (secondary N) is 1. The number of hydrogen-bond donors (Lipinski definition) is 2. The van der Waals surface area contributed by atoms with Gasteiger partial charge in [-0.2, -0.15) is 0 Å². The zero-order chi connectivity index (χ0) is 20.1. The van der Waals surface area contributed by atoms with E-state index in [9.17, 15) is 19.5 Å². The third kappa shape index (κ3) is 7.93. The van der Waals surface area contributed by atoms with Crippen molar-refractivity contribution in [2.75, 3.05) is 13.1 Å². The van der Waals surface area contributed by atoms with E-state index < -0.39 is 35.4 Å². The van der Waals surface area contributed by atoms with Crippen LogP contribution in [0, 0.1) is 5.92 Å². The van der Waals surface area contributed by atoms with E-state index in [1.54, 1.807) is 41.5 Å². The maximum atomic E-state index is 12.2. The van der Waals surface area contributed by atoms with E-state index in [2.05, 4.69) is 5.32 Å². The smallest absolute Gasteiger partial charge is 0.411 e. The maximum absolute atomic E-state index is 12.2. The third-order valence-corrected chi connectivity index (χ3v) is 3.76. The first-order valence-electron chi connectivity index (χ1n) is 8.98. The molecule has 2 N–H and O–H groups in total. The highest BCUT2D eigenvalue weighted by Gasteiger charge is 2.41. The first kappa shape index (κ1) is 22.1. The lowest BCUT2D eigenvalue weighted by Gasteiger charge is -2.26. The van der Waals surface area contributed by atoms with Gasteiger partial charge in [0.05, 0.1) is 0 Å². The topological polar surface area (TPSA) is 105 Å². The van der Waals surface area contributed by atoms with Gasteiger partial charge in [-0.1, -0.05) is 0 Å². The molecular formula is C18H32N2O6. The van der Waals surface area contributed by atoms with Crippen molar-refractivity contribution in [1.82, 2.24) is 10.2 Å². The van der Waals surface area contributed by atoms with Crippen LogP contribution < -0.4 is 5.32 Å². The van der Waals surface area contributed by atoms with Gasteiger partial charge in [0.2, 0.25) is 0 Å². The average molecular weight is 372 g/mol. The van der Waals surface area contributed by atoms with Gasteiger partial charge in [-0.05, 0) is 66.7 Å². The third-order valence-electron chi connectivity index (χ3n) is 3.76. The van der Waals surface area contributed by atoms with Gasteiger partial charge in [0.25, 0.3) is 0 Å². The van der Waals surface area contributed by atoms with Crippen LogP contribution in [0.25, 0.3) is 0 Å². The molecule has 0 saturated carbocycles. The maximum Gasteiger partial charge on any atom is 0.411 e. The molecule has 1 fully saturated rings. The number of rotatable bonds is 5. The number of likely N-dealkylation sites (tertiary alicyclic amines) is 1. The molecule has 0 spiro atoms. The summed E-state index contributed by atoms with van der Waals surface area (Å²) in [6, 6.07) is -0.867. The van der Waals surface area contributed by atoms with Gasteiger partial charge in [-0.15, -0.1) is 0 Å². The van der Waals surface area contributed by atoms with Crippen molar-refractivity contribution >= 4 is 18.2 Å². The zero-order valence-electron chi connectivity index (χ0n) is 16.6. The minimum absolute atomic E-state index is 0.0593. The van der Waals surface area contributed by atoms with E-state index in [0.717, 1.165) is 0 Å². The van der Waals surface area contributed by atoms with Crippen LogP contribution in [-0.2, 0) is 14.3 Å². The van der Waals surface area contributed by atoms with E-state index in [4.69, 9.17) is 9.47 Å². The van der Waals surface area contributed by atoms with Crippen molar-refractivity contribution < 1.29 is 29.0 Å². The highest BCUT2D eigenvalue weighted by molar-refractivity contribution is 5.81. The number of ether oxygens (including phenoxy) is 2. The summed E-state index contributed by atoms with van der Waals surface area (Å²) in [6.45, 7) is 11.4. The molecule has 1 rings (SSSR count). The molecule has 0 radical (unpaired) electrons. The number of amides is 2. The zero-order valence-corrected chi connectivity index (χ0v) is 16.6. The van der Waals surface area contributed by atoms with Crippen LogP contribution in [0.5, 0.6) is 0 Å². The second-order valence-electron chi connectivity index (χ2n) is 8.66. The number of alkyl carbamates (subject to hydrolysis) is 1. The molecule has 1 saturated heterocycles. The lowest BCUT2D eigenvalue weighted by Crippen LogP contribution is -2.43. The van der Waals surface area contributed by atoms with Crippen molar-refractivity contribution in [2.45, 2.75) is 78.0 Å². The largest absolute Gasteiger partial charge is 0.480 e. The van der Waals surface area contributed by atoms with Crippen molar-refractivity contribution in [2.24, 2.45) is 5.92 Å². The van der Waals surface area contributed by atoms with Gasteiger partial charge >= 0.3 is 18.2 Å². The first-order valence-corrected chi connectivity index (χ1v) is 8.98. The van der Waals surface area contributed by atoms with Crippen LogP contribution in [0.4, 0.5) is 9.59 Å². The van der Waals surface area contributed by atoms with Crippen LogP contribution in [0.15, 0.2) is 0 Å². The summed E-state index contributed by atoms with van der Waals surface area (Å²) in [5.41, 5.74) is -1.21. The molecule has 1 heterocycles. The SMILES string of the molecule is CC(C)(C)OC(=O)NCCCC1C[C@@H](C(=O)O)N(C(=O)OC(C)(C)C)C1. The Kier molecular flexibility index (Phi) is 7.29. The minimum atomic E-state index is -1.02. The molecule has 0 aromatic heterocycles. The molecule has 0 aromatic rings. The lowest BCUT2D eigenvalue weighted by atomic mass is 10.00. The molecule has 8 heteroatoms. The van der Waals surface area contributed by atoms with Gasteiger partial charge in [-0.3, -0.25) is 4.90 Å². The predicted molar refractivity (Wildman–Crippen MR) is 95.9 cm³/mol. The van der Waals surface area contributed by atoms with Crippen LogP contribution in [0.3, 0.4) is 0 Å². The van der Waals surface area contributed by atoms with E-state index in [-0.39, 0.29) is 5.92 Å². The Morgan fingerprint density at radius 2 is 1.65 bits per heavy atom. The number of carboxylic acids is 1. The van der Waals surface area contributed by atoms with Crippen molar-refractivity contribution in [1.29, 1.82) is 0 Å². The monoisotopic (exact) mass is 372 g/mol. The molecule has 8 nitrogen and oxygen atoms in total. The lowest BCUT2D eigenvalue weighted by molar-refractivity contribution is -0.142. The van der Waals surface area contributed by atoms with E-state index in [1.165, 1.54) is 4.90 Å². The van der Waals surface area contributed by atoms with Crippen LogP contribution in [0.1, 0.15) is 60.8 Å². The summed E-state index contributed by atoms with van der Waals surface area (Å²) >= 11 is 0. The van der Waals surface area contributed by atoms with E-state index in [0.29, 0.717) is 32.4 Å². The van der Waals surface area contributed by atoms with Gasteiger partial charge < -0.3 is 19.9 Å². The number of aliphatic carboxylic acids is 1. The molecule has 1 aliphatic heterocycles. The van der Waals surface area contributed by atoms with Gasteiger partial charge in [0, 0.05) is 13.1 Å². The number of carbonyl (C=O) groups is 3. The molecule has 1 unspecified atom stereocenters. The van der Waals surface area contributed by atoms with Gasteiger partial charge in [0.1, 0.15) is 17.2 Å². The van der Waals surface area contributed by atoms with E-state index >= 15 is 0 Å². The normalized spacial score (nSPS) is 20.6. The number of carboxylic acid groups (broad SMARTS) is 1. The van der Waals surface area contributed by atoms with Gasteiger partial charge in [0.15, 0.2) is 0 Å². The molecule has 0 aliphatic carbocycles. The Balaban J connectivity index is 2.46. The van der Waals surface area contributed by atoms with Crippen LogP contribution in [-0.4, -0.2) is 58.5 Å². The highest BCUT2D eigenvalue weighted by atomic mass is 16.6. The predicted octanol–water partition coefficient (Wildman–Crippen LogP) is 3.00. The highest BCUT2D eigenvalue weighted by Crippen LogP contribution is 2.28. The fourth-order valence-corrected chi connectivity index (χ4v) is 2.78. The fraction of sp³-hybridized carbons (Fsp3) is 0.833. The van der Waals surface area contributed by atoms with Gasteiger partial charge in [-0.25, -0.2) is 14.4 Å². The molecular weight excluding hydrogens is 340 g/mol. The Hall–Kier alpha value is -1.99. The molecule has 0 bridgehead atoms. The summed E-state index contributed by atoms with van der Waals surface area (Å²) in [6.07, 6.45) is 0.708. The van der Waals surface area contributed by atoms with Crippen molar-refractivity contribution in [3.8, 4) is 0 Å². The molecule has 26 heavy (non-hydrogen) atoms. The summed E-state index contributed by atoms with van der Waals surface area (Å²) in [4.78, 5) is 36.6. The second kappa shape index (κ2) is 8.60. The molecule has 2 atom stereocenters. The summed E-state index contributed by atoms with van der Waals surface area (Å²) in [5, 5.41) is 12.1. The molecule has 0 aromatic carbocycles. The summed E-state index contributed by atoms with van der Waals surface area (Å²) in [7, 11) is 0. The Labute approximate surface area is 155 Å². The Bertz CT molecular complexity index is 521. The van der Waals surface area contributed by atoms with Crippen molar-refractivity contribution in [3.63, 3.8) is 0 Å². The Morgan fingerprint density at radius 1 is 1.08 bits per heavy atom. The minimum Gasteiger partial charge on any atom is -0.480 e. The Morgan fingerprint density at radius 3 is 2.15 bits per heavy atom.